The van der Waals surface area contributed by atoms with E-state index in [-0.39, 0.29) is 22.5 Å². The summed E-state index contributed by atoms with van der Waals surface area (Å²) in [7, 11) is 0. The lowest BCUT2D eigenvalue weighted by molar-refractivity contribution is -0.129. The van der Waals surface area contributed by atoms with Crippen LogP contribution in [0.1, 0.15) is 66.7 Å². The van der Waals surface area contributed by atoms with Crippen LogP contribution in [-0.4, -0.2) is 11.6 Å². The Morgan fingerprint density at radius 2 is 1.82 bits per heavy atom. The molecule has 0 N–H and O–H groups in total. The molecule has 2 unspecified atom stereocenters. The summed E-state index contributed by atoms with van der Waals surface area (Å²) in [6, 6.07) is 0. The first-order valence-corrected chi connectivity index (χ1v) is 6.74. The molecular formula is C15H26O2. The zero-order valence-electron chi connectivity index (χ0n) is 11.9. The molecule has 1 rings (SSSR count). The number of hydrogen-bond acceptors (Lipinski definition) is 2. The van der Waals surface area contributed by atoms with E-state index >= 15 is 0 Å². The van der Waals surface area contributed by atoms with E-state index in [2.05, 4.69) is 20.8 Å². The summed E-state index contributed by atoms with van der Waals surface area (Å²) < 4.78 is 0. The average Bonchev–Trinajstić information content (AvgIpc) is 2.34. The van der Waals surface area contributed by atoms with E-state index < -0.39 is 0 Å². The van der Waals surface area contributed by atoms with Gasteiger partial charge in [-0.3, -0.25) is 9.59 Å². The van der Waals surface area contributed by atoms with Crippen molar-refractivity contribution < 1.29 is 9.59 Å². The van der Waals surface area contributed by atoms with Crippen LogP contribution >= 0.6 is 0 Å². The van der Waals surface area contributed by atoms with Gasteiger partial charge in [0.25, 0.3) is 0 Å². The van der Waals surface area contributed by atoms with Crippen molar-refractivity contribution in [3.05, 3.63) is 0 Å². The molecule has 0 radical (unpaired) electrons. The quantitative estimate of drug-likeness (QED) is 0.701. The van der Waals surface area contributed by atoms with Crippen molar-refractivity contribution in [1.29, 1.82) is 0 Å². The Kier molecular flexibility index (Phi) is 4.16. The van der Waals surface area contributed by atoms with Crippen molar-refractivity contribution in [1.82, 2.24) is 0 Å². The third-order valence-electron chi connectivity index (χ3n) is 4.59. The Hall–Kier alpha value is -0.660. The van der Waals surface area contributed by atoms with Crippen molar-refractivity contribution >= 4 is 11.6 Å². The molecule has 0 amide bonds. The molecule has 0 aromatic heterocycles. The molecule has 0 saturated heterocycles. The molecule has 0 aromatic carbocycles. The zero-order valence-corrected chi connectivity index (χ0v) is 11.9. The van der Waals surface area contributed by atoms with Crippen LogP contribution in [0.25, 0.3) is 0 Å². The number of rotatable bonds is 3. The average molecular weight is 238 g/mol. The van der Waals surface area contributed by atoms with Crippen LogP contribution in [0.15, 0.2) is 0 Å². The molecule has 2 heteroatoms. The molecular weight excluding hydrogens is 212 g/mol. The predicted octanol–water partition coefficient (Wildman–Crippen LogP) is 3.78. The van der Waals surface area contributed by atoms with Crippen LogP contribution in [0, 0.1) is 16.7 Å². The van der Waals surface area contributed by atoms with Gasteiger partial charge < -0.3 is 0 Å². The van der Waals surface area contributed by atoms with Gasteiger partial charge in [0.15, 0.2) is 0 Å². The Balaban J connectivity index is 3.01. The minimum atomic E-state index is -0.187. The van der Waals surface area contributed by atoms with Crippen LogP contribution in [0.2, 0.25) is 0 Å². The van der Waals surface area contributed by atoms with E-state index in [9.17, 15) is 9.59 Å². The molecule has 0 aliphatic heterocycles. The molecule has 1 saturated carbocycles. The van der Waals surface area contributed by atoms with E-state index in [1.165, 1.54) is 0 Å². The highest BCUT2D eigenvalue weighted by Gasteiger charge is 2.43. The third kappa shape index (κ3) is 3.17. The largest absolute Gasteiger partial charge is 0.300 e. The number of ketones is 2. The Morgan fingerprint density at radius 3 is 2.24 bits per heavy atom. The van der Waals surface area contributed by atoms with E-state index in [0.29, 0.717) is 5.78 Å². The lowest BCUT2D eigenvalue weighted by atomic mass is 9.68. The number of carbonyl (C=O) groups excluding carboxylic acids is 2. The monoisotopic (exact) mass is 238 g/mol. The van der Waals surface area contributed by atoms with Crippen molar-refractivity contribution in [3.63, 3.8) is 0 Å². The van der Waals surface area contributed by atoms with Crippen LogP contribution in [0.5, 0.6) is 0 Å². The molecule has 98 valence electrons. The highest BCUT2D eigenvalue weighted by molar-refractivity contribution is 5.83. The van der Waals surface area contributed by atoms with Gasteiger partial charge in [0, 0.05) is 11.3 Å². The van der Waals surface area contributed by atoms with E-state index in [0.717, 1.165) is 32.1 Å². The third-order valence-corrected chi connectivity index (χ3v) is 4.59. The summed E-state index contributed by atoms with van der Waals surface area (Å²) in [5, 5.41) is 0. The van der Waals surface area contributed by atoms with Crippen molar-refractivity contribution in [3.8, 4) is 0 Å². The summed E-state index contributed by atoms with van der Waals surface area (Å²) in [6.07, 6.45) is 4.52. The SMILES string of the molecule is CCC1(C(C)=O)CCC(C(C)=O)CC(C)(C)C1. The predicted molar refractivity (Wildman–Crippen MR) is 69.8 cm³/mol. The summed E-state index contributed by atoms with van der Waals surface area (Å²) in [5.74, 6) is 0.739. The fourth-order valence-electron chi connectivity index (χ4n) is 3.49. The fourth-order valence-corrected chi connectivity index (χ4v) is 3.49. The lowest BCUT2D eigenvalue weighted by Crippen LogP contribution is -2.32. The zero-order chi connectivity index (χ0) is 13.3. The normalized spacial score (nSPS) is 32.9. The molecule has 1 aliphatic carbocycles. The van der Waals surface area contributed by atoms with E-state index in [1.807, 2.05) is 0 Å². The standard InChI is InChI=1S/C15H26O2/c1-6-15(12(3)17)8-7-13(11(2)16)9-14(4,5)10-15/h13H,6-10H2,1-5H3. The minimum absolute atomic E-state index is 0.0918. The van der Waals surface area contributed by atoms with Crippen molar-refractivity contribution in [2.24, 2.45) is 16.7 Å². The molecule has 0 heterocycles. The van der Waals surface area contributed by atoms with Gasteiger partial charge in [-0.25, -0.2) is 0 Å². The molecule has 1 fully saturated rings. The summed E-state index contributed by atoms with van der Waals surface area (Å²) in [5.41, 5.74) is -0.0950. The Bertz CT molecular complexity index is 317. The van der Waals surface area contributed by atoms with Crippen molar-refractivity contribution in [2.75, 3.05) is 0 Å². The first kappa shape index (κ1) is 14.4. The van der Waals surface area contributed by atoms with Crippen LogP contribution in [0.4, 0.5) is 0 Å². The molecule has 1 aliphatic rings. The van der Waals surface area contributed by atoms with Gasteiger partial charge in [-0.15, -0.1) is 0 Å². The number of carbonyl (C=O) groups is 2. The molecule has 0 aromatic rings. The van der Waals surface area contributed by atoms with Gasteiger partial charge in [0.2, 0.25) is 0 Å². The van der Waals surface area contributed by atoms with Crippen LogP contribution < -0.4 is 0 Å². The summed E-state index contributed by atoms with van der Waals surface area (Å²) >= 11 is 0. The Morgan fingerprint density at radius 1 is 1.24 bits per heavy atom. The van der Waals surface area contributed by atoms with Gasteiger partial charge in [0.05, 0.1) is 0 Å². The molecule has 2 atom stereocenters. The minimum Gasteiger partial charge on any atom is -0.300 e. The fraction of sp³-hybridized carbons (Fsp3) is 0.867. The maximum atomic E-state index is 12.0. The molecule has 0 spiro atoms. The highest BCUT2D eigenvalue weighted by atomic mass is 16.1. The number of hydrogen-bond donors (Lipinski definition) is 0. The maximum Gasteiger partial charge on any atom is 0.135 e. The number of Topliss-reactive ketones (excluding diaryl/α,β-unsaturated/α-hetero) is 2. The smallest absolute Gasteiger partial charge is 0.135 e. The van der Waals surface area contributed by atoms with Gasteiger partial charge >= 0.3 is 0 Å². The Labute approximate surface area is 105 Å². The maximum absolute atomic E-state index is 12.0. The first-order valence-electron chi connectivity index (χ1n) is 6.74. The second-order valence-electron chi connectivity index (χ2n) is 6.58. The van der Waals surface area contributed by atoms with Gasteiger partial charge in [-0.1, -0.05) is 20.8 Å². The second kappa shape index (κ2) is 4.91. The topological polar surface area (TPSA) is 34.1 Å². The molecule has 17 heavy (non-hydrogen) atoms. The lowest BCUT2D eigenvalue weighted by Gasteiger charge is -2.35. The van der Waals surface area contributed by atoms with Gasteiger partial charge in [-0.05, 0) is 51.4 Å². The first-order chi connectivity index (χ1) is 7.72. The molecule has 0 bridgehead atoms. The van der Waals surface area contributed by atoms with Crippen LogP contribution in [-0.2, 0) is 9.59 Å². The highest BCUT2D eigenvalue weighted by Crippen LogP contribution is 2.48. The van der Waals surface area contributed by atoms with Crippen molar-refractivity contribution in [2.45, 2.75) is 66.7 Å². The van der Waals surface area contributed by atoms with Gasteiger partial charge in [-0.2, -0.15) is 0 Å². The summed E-state index contributed by atoms with van der Waals surface area (Å²) in [6.45, 7) is 9.90. The van der Waals surface area contributed by atoms with E-state index in [1.54, 1.807) is 13.8 Å². The second-order valence-corrected chi connectivity index (χ2v) is 6.58. The summed E-state index contributed by atoms with van der Waals surface area (Å²) in [4.78, 5) is 23.6. The molecule has 2 nitrogen and oxygen atoms in total. The van der Waals surface area contributed by atoms with Crippen LogP contribution in [0.3, 0.4) is 0 Å². The van der Waals surface area contributed by atoms with Gasteiger partial charge in [0.1, 0.15) is 11.6 Å². The van der Waals surface area contributed by atoms with E-state index in [4.69, 9.17) is 0 Å².